The van der Waals surface area contributed by atoms with Gasteiger partial charge in [-0.15, -0.1) is 0 Å². The van der Waals surface area contributed by atoms with Gasteiger partial charge in [-0.25, -0.2) is 0 Å². The maximum atomic E-state index is 5.52. The van der Waals surface area contributed by atoms with Crippen LogP contribution in [0.1, 0.15) is 24.8 Å². The van der Waals surface area contributed by atoms with Crippen molar-refractivity contribution < 1.29 is 4.74 Å². The molecule has 0 radical (unpaired) electrons. The molecule has 1 heterocycles. The number of nitrogens with zero attached hydrogens (tertiary/aromatic N) is 1. The van der Waals surface area contributed by atoms with E-state index in [1.54, 1.807) is 7.11 Å². The second-order valence-corrected chi connectivity index (χ2v) is 3.89. The molecule has 16 heavy (non-hydrogen) atoms. The monoisotopic (exact) mass is 223 g/mol. The van der Waals surface area contributed by atoms with E-state index in [2.05, 4.69) is 10.4 Å². The van der Waals surface area contributed by atoms with Crippen molar-refractivity contribution in [1.82, 2.24) is 10.4 Å². The highest BCUT2D eigenvalue weighted by Gasteiger charge is 2.06. The Morgan fingerprint density at radius 1 is 1.38 bits per heavy atom. The normalized spacial score (nSPS) is 12.6. The molecule has 1 aromatic heterocycles. The van der Waals surface area contributed by atoms with E-state index in [1.165, 1.54) is 5.56 Å². The van der Waals surface area contributed by atoms with E-state index in [0.29, 0.717) is 6.04 Å². The quantitative estimate of drug-likeness (QED) is 0.396. The van der Waals surface area contributed by atoms with Gasteiger partial charge in [0.1, 0.15) is 0 Å². The Morgan fingerprint density at radius 2 is 2.12 bits per heavy atom. The molecule has 0 aliphatic carbocycles. The lowest BCUT2D eigenvalue weighted by Crippen LogP contribution is -2.35. The van der Waals surface area contributed by atoms with Crippen LogP contribution >= 0.6 is 0 Å². The molecule has 1 aromatic rings. The van der Waals surface area contributed by atoms with E-state index in [4.69, 9.17) is 10.6 Å². The third-order valence-electron chi connectivity index (χ3n) is 2.67. The summed E-state index contributed by atoms with van der Waals surface area (Å²) in [5, 5.41) is 0. The Hall–Kier alpha value is -0.970. The first-order valence-corrected chi connectivity index (χ1v) is 5.70. The predicted molar refractivity (Wildman–Crippen MR) is 64.8 cm³/mol. The fourth-order valence-electron chi connectivity index (χ4n) is 1.68. The molecule has 3 N–H and O–H groups in total. The van der Waals surface area contributed by atoms with Gasteiger partial charge >= 0.3 is 0 Å². The topological polar surface area (TPSA) is 60.2 Å². The van der Waals surface area contributed by atoms with Crippen LogP contribution < -0.4 is 11.3 Å². The smallest absolute Gasteiger partial charge is 0.0462 e. The van der Waals surface area contributed by atoms with Crippen LogP contribution in [-0.4, -0.2) is 24.7 Å². The number of aryl methyl sites for hydroxylation is 1. The molecule has 1 atom stereocenters. The number of hydrazine groups is 1. The molecule has 0 saturated heterocycles. The first-order chi connectivity index (χ1) is 7.86. The lowest BCUT2D eigenvalue weighted by atomic mass is 10.0. The Bertz CT molecular complexity index is 266. The fraction of sp³-hybridized carbons (Fsp3) is 0.583. The third kappa shape index (κ3) is 5.21. The number of aromatic nitrogens is 1. The average molecular weight is 223 g/mol. The molecule has 0 fully saturated rings. The van der Waals surface area contributed by atoms with Crippen LogP contribution in [0.2, 0.25) is 0 Å². The molecule has 90 valence electrons. The number of methoxy groups -OCH3 is 1. The lowest BCUT2D eigenvalue weighted by molar-refractivity contribution is 0.188. The van der Waals surface area contributed by atoms with Gasteiger partial charge in [-0.1, -0.05) is 0 Å². The molecule has 0 aromatic carbocycles. The zero-order valence-electron chi connectivity index (χ0n) is 9.86. The number of nitrogens with one attached hydrogen (secondary N) is 1. The van der Waals surface area contributed by atoms with Gasteiger partial charge < -0.3 is 4.74 Å². The molecule has 1 unspecified atom stereocenters. The van der Waals surface area contributed by atoms with Crippen molar-refractivity contribution in [3.05, 3.63) is 30.1 Å². The van der Waals surface area contributed by atoms with E-state index >= 15 is 0 Å². The van der Waals surface area contributed by atoms with Crippen LogP contribution in [0.5, 0.6) is 0 Å². The summed E-state index contributed by atoms with van der Waals surface area (Å²) in [6.07, 6.45) is 7.82. The van der Waals surface area contributed by atoms with Crippen LogP contribution in [-0.2, 0) is 11.2 Å². The Labute approximate surface area is 97.2 Å². The van der Waals surface area contributed by atoms with Gasteiger partial charge in [0.15, 0.2) is 0 Å². The van der Waals surface area contributed by atoms with Gasteiger partial charge in [-0.05, 0) is 43.4 Å². The van der Waals surface area contributed by atoms with Crippen molar-refractivity contribution in [2.45, 2.75) is 31.7 Å². The summed E-state index contributed by atoms with van der Waals surface area (Å²) in [4.78, 5) is 4.00. The highest BCUT2D eigenvalue weighted by molar-refractivity contribution is 5.09. The second kappa shape index (κ2) is 8.21. The van der Waals surface area contributed by atoms with E-state index in [-0.39, 0.29) is 0 Å². The minimum Gasteiger partial charge on any atom is -0.385 e. The first kappa shape index (κ1) is 13.1. The van der Waals surface area contributed by atoms with E-state index in [9.17, 15) is 0 Å². The molecule has 0 spiro atoms. The molecule has 0 aliphatic heterocycles. The minimum absolute atomic E-state index is 0.364. The van der Waals surface area contributed by atoms with Gasteiger partial charge in [0.2, 0.25) is 0 Å². The summed E-state index contributed by atoms with van der Waals surface area (Å²) in [6, 6.07) is 4.45. The van der Waals surface area contributed by atoms with Crippen molar-refractivity contribution in [3.8, 4) is 0 Å². The molecule has 0 bridgehead atoms. The van der Waals surface area contributed by atoms with Crippen LogP contribution in [0.25, 0.3) is 0 Å². The summed E-state index contributed by atoms with van der Waals surface area (Å²) in [6.45, 7) is 0.799. The van der Waals surface area contributed by atoms with E-state index < -0.39 is 0 Å². The third-order valence-corrected chi connectivity index (χ3v) is 2.67. The molecular formula is C12H21N3O. The van der Waals surface area contributed by atoms with Crippen LogP contribution in [0.4, 0.5) is 0 Å². The van der Waals surface area contributed by atoms with Crippen LogP contribution in [0.15, 0.2) is 24.5 Å². The summed E-state index contributed by atoms with van der Waals surface area (Å²) < 4.78 is 5.02. The number of hydrogen-bond acceptors (Lipinski definition) is 4. The van der Waals surface area contributed by atoms with Crippen LogP contribution in [0, 0.1) is 0 Å². The summed E-state index contributed by atoms with van der Waals surface area (Å²) in [5.41, 5.74) is 4.17. The van der Waals surface area contributed by atoms with Crippen molar-refractivity contribution in [1.29, 1.82) is 0 Å². The number of rotatable bonds is 8. The van der Waals surface area contributed by atoms with Gasteiger partial charge in [0.05, 0.1) is 0 Å². The zero-order chi connectivity index (χ0) is 11.6. The van der Waals surface area contributed by atoms with E-state index in [0.717, 1.165) is 32.3 Å². The Kier molecular flexibility index (Phi) is 6.72. The van der Waals surface area contributed by atoms with Gasteiger partial charge in [0.25, 0.3) is 0 Å². The lowest BCUT2D eigenvalue weighted by Gasteiger charge is -2.15. The predicted octanol–water partition coefficient (Wildman–Crippen LogP) is 1.27. The van der Waals surface area contributed by atoms with Crippen molar-refractivity contribution in [2.75, 3.05) is 13.7 Å². The number of nitrogens with two attached hydrogens (primary N) is 1. The largest absolute Gasteiger partial charge is 0.385 e. The average Bonchev–Trinajstić information content (AvgIpc) is 2.35. The molecule has 0 saturated carbocycles. The molecule has 0 aliphatic rings. The highest BCUT2D eigenvalue weighted by Crippen LogP contribution is 2.07. The van der Waals surface area contributed by atoms with Crippen molar-refractivity contribution >= 4 is 0 Å². The molecule has 0 amide bonds. The summed E-state index contributed by atoms with van der Waals surface area (Å²) in [5.74, 6) is 5.52. The second-order valence-electron chi connectivity index (χ2n) is 3.89. The molecule has 4 heteroatoms. The number of ether oxygens (including phenoxy) is 1. The van der Waals surface area contributed by atoms with Gasteiger partial charge in [-0.3, -0.25) is 16.3 Å². The van der Waals surface area contributed by atoms with Crippen molar-refractivity contribution in [3.63, 3.8) is 0 Å². The number of hydrogen-bond donors (Lipinski definition) is 2. The fourth-order valence-corrected chi connectivity index (χ4v) is 1.68. The summed E-state index contributed by atoms with van der Waals surface area (Å²) >= 11 is 0. The first-order valence-electron chi connectivity index (χ1n) is 5.70. The van der Waals surface area contributed by atoms with Crippen LogP contribution in [0.3, 0.4) is 0 Å². The Morgan fingerprint density at radius 3 is 2.75 bits per heavy atom. The summed E-state index contributed by atoms with van der Waals surface area (Å²) in [7, 11) is 1.72. The van der Waals surface area contributed by atoms with Gasteiger partial charge in [-0.2, -0.15) is 0 Å². The number of pyridine rings is 1. The zero-order valence-corrected chi connectivity index (χ0v) is 9.86. The molecule has 1 rings (SSSR count). The van der Waals surface area contributed by atoms with Crippen molar-refractivity contribution in [2.24, 2.45) is 5.84 Å². The molecule has 4 nitrogen and oxygen atoms in total. The maximum Gasteiger partial charge on any atom is 0.0462 e. The van der Waals surface area contributed by atoms with E-state index in [1.807, 2.05) is 24.5 Å². The molecular weight excluding hydrogens is 202 g/mol. The minimum atomic E-state index is 0.364. The Balaban J connectivity index is 2.23. The SMILES string of the molecule is COCCCC(CCc1ccncc1)NN. The van der Waals surface area contributed by atoms with Gasteiger partial charge in [0, 0.05) is 32.2 Å². The highest BCUT2D eigenvalue weighted by atomic mass is 16.5. The standard InChI is InChI=1S/C12H21N3O/c1-16-10-2-3-12(15-13)5-4-11-6-8-14-9-7-11/h6-9,12,15H,2-5,10,13H2,1H3. The maximum absolute atomic E-state index is 5.52.